The molecule has 0 aliphatic rings. The summed E-state index contributed by atoms with van der Waals surface area (Å²) >= 11 is 0. The van der Waals surface area contributed by atoms with Crippen LogP contribution in [0.5, 0.6) is 11.5 Å². The lowest BCUT2D eigenvalue weighted by Gasteiger charge is -2.16. The molecule has 3 rings (SSSR count). The Kier molecular flexibility index (Phi) is 9.09. The number of para-hydroxylation sites is 1. The maximum absolute atomic E-state index is 11.9. The van der Waals surface area contributed by atoms with E-state index in [1.807, 2.05) is 43.3 Å². The number of hydrogen-bond donors (Lipinski definition) is 1. The number of carboxylic acids is 1. The third-order valence-corrected chi connectivity index (χ3v) is 5.86. The molecule has 0 spiro atoms. The van der Waals surface area contributed by atoms with Crippen molar-refractivity contribution in [2.75, 3.05) is 0 Å². The topological polar surface area (TPSA) is 59.4 Å². The average molecular weight is 434 g/mol. The van der Waals surface area contributed by atoms with Gasteiger partial charge in [-0.15, -0.1) is 0 Å². The number of aryl methyl sites for hydroxylation is 1. The van der Waals surface area contributed by atoms with Gasteiger partial charge in [-0.3, -0.25) is 0 Å². The van der Waals surface area contributed by atoms with Gasteiger partial charge in [0.1, 0.15) is 11.5 Å². The second-order valence-corrected chi connectivity index (χ2v) is 8.46. The molecule has 4 nitrogen and oxygen atoms in total. The Bertz CT molecular complexity index is 1010. The van der Waals surface area contributed by atoms with Crippen LogP contribution in [-0.2, 0) is 12.8 Å². The number of benzene rings is 2. The molecule has 0 aliphatic heterocycles. The third kappa shape index (κ3) is 6.32. The zero-order valence-electron chi connectivity index (χ0n) is 19.4. The molecule has 0 bridgehead atoms. The molecular formula is C28H35NO3. The Morgan fingerprint density at radius 3 is 2.22 bits per heavy atom. The smallest absolute Gasteiger partial charge is 0.354 e. The van der Waals surface area contributed by atoms with Crippen LogP contribution in [0.1, 0.15) is 86.8 Å². The number of pyridine rings is 1. The normalized spacial score (nSPS) is 11.1. The van der Waals surface area contributed by atoms with Crippen LogP contribution in [0, 0.1) is 0 Å². The van der Waals surface area contributed by atoms with Gasteiger partial charge in [-0.05, 0) is 49.1 Å². The van der Waals surface area contributed by atoms with Gasteiger partial charge in [0.05, 0.1) is 5.52 Å². The van der Waals surface area contributed by atoms with Crippen LogP contribution in [0.25, 0.3) is 10.9 Å². The van der Waals surface area contributed by atoms with Crippen molar-refractivity contribution >= 4 is 16.9 Å². The molecule has 0 amide bonds. The van der Waals surface area contributed by atoms with Crippen LogP contribution in [0.2, 0.25) is 0 Å². The Balaban J connectivity index is 1.73. The highest BCUT2D eigenvalue weighted by molar-refractivity contribution is 5.95. The number of unbranched alkanes of at least 4 members (excludes halogenated alkanes) is 6. The fourth-order valence-electron chi connectivity index (χ4n) is 4.12. The number of aromatic nitrogens is 1. The fraction of sp³-hybridized carbons (Fsp3) is 0.429. The van der Waals surface area contributed by atoms with E-state index in [0.29, 0.717) is 23.3 Å². The summed E-state index contributed by atoms with van der Waals surface area (Å²) in [6, 6.07) is 15.8. The van der Waals surface area contributed by atoms with E-state index < -0.39 is 5.97 Å². The number of hydrogen-bond acceptors (Lipinski definition) is 3. The summed E-state index contributed by atoms with van der Waals surface area (Å²) in [6.45, 7) is 4.28. The first kappa shape index (κ1) is 23.8. The number of fused-ring (bicyclic) bond motifs is 1. The lowest BCUT2D eigenvalue weighted by Crippen LogP contribution is -2.08. The fourth-order valence-corrected chi connectivity index (χ4v) is 4.12. The molecule has 0 saturated heterocycles. The van der Waals surface area contributed by atoms with E-state index in [-0.39, 0.29) is 5.69 Å². The zero-order valence-corrected chi connectivity index (χ0v) is 19.4. The van der Waals surface area contributed by atoms with Crippen molar-refractivity contribution in [3.63, 3.8) is 0 Å². The van der Waals surface area contributed by atoms with Crippen LogP contribution in [0.3, 0.4) is 0 Å². The number of ether oxygens (including phenoxy) is 1. The first-order valence-electron chi connectivity index (χ1n) is 12.1. The van der Waals surface area contributed by atoms with E-state index in [1.54, 1.807) is 0 Å². The van der Waals surface area contributed by atoms with Crippen LogP contribution in [0.4, 0.5) is 0 Å². The highest BCUT2D eigenvalue weighted by Crippen LogP contribution is 2.35. The van der Waals surface area contributed by atoms with Crippen molar-refractivity contribution in [1.82, 2.24) is 4.98 Å². The lowest BCUT2D eigenvalue weighted by molar-refractivity contribution is 0.0689. The van der Waals surface area contributed by atoms with Crippen LogP contribution in [0.15, 0.2) is 48.5 Å². The van der Waals surface area contributed by atoms with Gasteiger partial charge in [0.25, 0.3) is 0 Å². The Labute approximate surface area is 191 Å². The van der Waals surface area contributed by atoms with Gasteiger partial charge in [0.2, 0.25) is 0 Å². The zero-order chi connectivity index (χ0) is 22.8. The largest absolute Gasteiger partial charge is 0.476 e. The molecule has 0 saturated carbocycles. The quantitative estimate of drug-likeness (QED) is 0.278. The molecule has 1 aromatic heterocycles. The first-order chi connectivity index (χ1) is 15.6. The molecule has 170 valence electrons. The molecular weight excluding hydrogens is 398 g/mol. The number of carboxylic acid groups (broad SMARTS) is 1. The van der Waals surface area contributed by atoms with Gasteiger partial charge in [0, 0.05) is 10.9 Å². The minimum Gasteiger partial charge on any atom is -0.476 e. The van der Waals surface area contributed by atoms with Crippen molar-refractivity contribution < 1.29 is 14.6 Å². The summed E-state index contributed by atoms with van der Waals surface area (Å²) < 4.78 is 6.30. The molecule has 0 atom stereocenters. The van der Waals surface area contributed by atoms with Gasteiger partial charge in [0.15, 0.2) is 5.69 Å². The van der Waals surface area contributed by atoms with Gasteiger partial charge in [-0.2, -0.15) is 0 Å². The van der Waals surface area contributed by atoms with Gasteiger partial charge < -0.3 is 9.84 Å². The predicted octanol–water partition coefficient (Wildman–Crippen LogP) is 7.97. The van der Waals surface area contributed by atoms with E-state index in [1.165, 1.54) is 50.5 Å². The number of nitrogens with zero attached hydrogens (tertiary/aromatic N) is 1. The van der Waals surface area contributed by atoms with Crippen LogP contribution >= 0.6 is 0 Å². The molecule has 0 fully saturated rings. The van der Waals surface area contributed by atoms with Crippen molar-refractivity contribution in [3.8, 4) is 11.5 Å². The summed E-state index contributed by atoms with van der Waals surface area (Å²) in [4.78, 5) is 16.3. The van der Waals surface area contributed by atoms with Crippen molar-refractivity contribution in [3.05, 3.63) is 65.4 Å². The molecule has 1 N–H and O–H groups in total. The third-order valence-electron chi connectivity index (χ3n) is 5.86. The van der Waals surface area contributed by atoms with Crippen LogP contribution in [-0.4, -0.2) is 16.1 Å². The van der Waals surface area contributed by atoms with E-state index in [4.69, 9.17) is 4.74 Å². The van der Waals surface area contributed by atoms with E-state index >= 15 is 0 Å². The van der Waals surface area contributed by atoms with E-state index in [9.17, 15) is 9.90 Å². The molecule has 32 heavy (non-hydrogen) atoms. The first-order valence-corrected chi connectivity index (χ1v) is 12.1. The maximum atomic E-state index is 11.9. The Hall–Kier alpha value is -2.88. The van der Waals surface area contributed by atoms with Gasteiger partial charge in [-0.1, -0.05) is 83.1 Å². The SMILES string of the molecule is CCCCCCCCCc1ccc(Oc2c(CCC)c(C(=O)O)nc3ccccc23)cc1. The van der Waals surface area contributed by atoms with Crippen LogP contribution < -0.4 is 4.74 Å². The molecule has 3 aromatic rings. The average Bonchev–Trinajstić information content (AvgIpc) is 2.80. The monoisotopic (exact) mass is 433 g/mol. The highest BCUT2D eigenvalue weighted by atomic mass is 16.5. The summed E-state index contributed by atoms with van der Waals surface area (Å²) in [5.41, 5.74) is 2.68. The van der Waals surface area contributed by atoms with E-state index in [2.05, 4.69) is 24.0 Å². The molecule has 1 heterocycles. The molecule has 0 unspecified atom stereocenters. The molecule has 2 aromatic carbocycles. The standard InChI is InChI=1S/C28H35NO3/c1-3-5-6-7-8-9-10-14-21-17-19-22(20-18-21)32-27-23-15-11-12-16-25(23)29-26(28(30)31)24(27)13-4-2/h11-12,15-20H,3-10,13-14H2,1-2H3,(H,30,31). The molecule has 4 heteroatoms. The van der Waals surface area contributed by atoms with Crippen molar-refractivity contribution in [1.29, 1.82) is 0 Å². The van der Waals surface area contributed by atoms with Gasteiger partial charge in [-0.25, -0.2) is 9.78 Å². The minimum absolute atomic E-state index is 0.0797. The number of carbonyl (C=O) groups is 1. The number of rotatable bonds is 13. The summed E-state index contributed by atoms with van der Waals surface area (Å²) in [5.74, 6) is 0.308. The molecule has 0 radical (unpaired) electrons. The maximum Gasteiger partial charge on any atom is 0.354 e. The lowest BCUT2D eigenvalue weighted by atomic mass is 10.0. The number of aromatic carboxylic acids is 1. The minimum atomic E-state index is -1.02. The highest BCUT2D eigenvalue weighted by Gasteiger charge is 2.20. The second-order valence-electron chi connectivity index (χ2n) is 8.46. The van der Waals surface area contributed by atoms with Crippen molar-refractivity contribution in [2.45, 2.75) is 78.1 Å². The van der Waals surface area contributed by atoms with E-state index in [0.717, 1.165) is 24.0 Å². The summed E-state index contributed by atoms with van der Waals surface area (Å²) in [5, 5.41) is 10.6. The van der Waals surface area contributed by atoms with Gasteiger partial charge >= 0.3 is 5.97 Å². The molecule has 0 aliphatic carbocycles. The van der Waals surface area contributed by atoms with Crippen molar-refractivity contribution in [2.24, 2.45) is 0 Å². The second kappa shape index (κ2) is 12.2. The predicted molar refractivity (Wildman–Crippen MR) is 131 cm³/mol. The Morgan fingerprint density at radius 2 is 1.53 bits per heavy atom. The summed E-state index contributed by atoms with van der Waals surface area (Å²) in [6.07, 6.45) is 11.7. The Morgan fingerprint density at radius 1 is 0.844 bits per heavy atom. The summed E-state index contributed by atoms with van der Waals surface area (Å²) in [7, 11) is 0.